The van der Waals surface area contributed by atoms with Gasteiger partial charge in [-0.05, 0) is 24.1 Å². The predicted octanol–water partition coefficient (Wildman–Crippen LogP) is 4.54. The van der Waals surface area contributed by atoms with Crippen molar-refractivity contribution in [3.63, 3.8) is 0 Å². The summed E-state index contributed by atoms with van der Waals surface area (Å²) in [7, 11) is 0. The Hall–Kier alpha value is -2.40. The Morgan fingerprint density at radius 3 is 2.78 bits per heavy atom. The van der Waals surface area contributed by atoms with Crippen molar-refractivity contribution in [2.75, 3.05) is 5.32 Å². The fourth-order valence-electron chi connectivity index (χ4n) is 2.25. The van der Waals surface area contributed by atoms with E-state index in [9.17, 15) is 4.79 Å². The number of anilines is 1. The SMILES string of the molecule is CCc1ccc(-c2csc(NC(=O)CCc3ccco3)n2)cc1. The quantitative estimate of drug-likeness (QED) is 0.723. The van der Waals surface area contributed by atoms with Crippen LogP contribution in [-0.4, -0.2) is 10.9 Å². The average molecular weight is 326 g/mol. The Labute approximate surface area is 139 Å². The predicted molar refractivity (Wildman–Crippen MR) is 92.6 cm³/mol. The maximum Gasteiger partial charge on any atom is 0.226 e. The highest BCUT2D eigenvalue weighted by Crippen LogP contribution is 2.25. The van der Waals surface area contributed by atoms with Crippen molar-refractivity contribution in [3.8, 4) is 11.3 Å². The molecule has 118 valence electrons. The summed E-state index contributed by atoms with van der Waals surface area (Å²) in [5.41, 5.74) is 3.25. The summed E-state index contributed by atoms with van der Waals surface area (Å²) in [5.74, 6) is 0.764. The molecule has 1 aromatic carbocycles. The molecule has 0 unspecified atom stereocenters. The zero-order valence-electron chi connectivity index (χ0n) is 12.9. The lowest BCUT2D eigenvalue weighted by molar-refractivity contribution is -0.116. The van der Waals surface area contributed by atoms with E-state index >= 15 is 0 Å². The van der Waals surface area contributed by atoms with Crippen molar-refractivity contribution >= 4 is 22.4 Å². The van der Waals surface area contributed by atoms with Crippen LogP contribution in [0.2, 0.25) is 0 Å². The number of aryl methyl sites for hydroxylation is 2. The normalized spacial score (nSPS) is 10.7. The highest BCUT2D eigenvalue weighted by molar-refractivity contribution is 7.14. The van der Waals surface area contributed by atoms with Gasteiger partial charge in [0.2, 0.25) is 5.91 Å². The Morgan fingerprint density at radius 1 is 1.26 bits per heavy atom. The first-order chi connectivity index (χ1) is 11.2. The van der Waals surface area contributed by atoms with Crippen molar-refractivity contribution in [3.05, 3.63) is 59.4 Å². The number of aromatic nitrogens is 1. The van der Waals surface area contributed by atoms with Gasteiger partial charge in [0.05, 0.1) is 12.0 Å². The van der Waals surface area contributed by atoms with Crippen molar-refractivity contribution in [1.82, 2.24) is 4.98 Å². The molecule has 0 atom stereocenters. The maximum absolute atomic E-state index is 12.0. The molecule has 0 aliphatic carbocycles. The monoisotopic (exact) mass is 326 g/mol. The molecule has 2 aromatic heterocycles. The summed E-state index contributed by atoms with van der Waals surface area (Å²) in [5, 5.41) is 5.43. The molecule has 1 amide bonds. The standard InChI is InChI=1S/C18H18N2O2S/c1-2-13-5-7-14(8-6-13)16-12-23-18(19-16)20-17(21)10-9-15-4-3-11-22-15/h3-8,11-12H,2,9-10H2,1H3,(H,19,20,21). The van der Waals surface area contributed by atoms with Gasteiger partial charge in [0.15, 0.2) is 5.13 Å². The number of nitrogens with one attached hydrogen (secondary N) is 1. The number of rotatable bonds is 6. The molecule has 0 saturated heterocycles. The van der Waals surface area contributed by atoms with E-state index in [2.05, 4.69) is 41.5 Å². The Bertz CT molecular complexity index is 761. The average Bonchev–Trinajstić information content (AvgIpc) is 3.25. The fraction of sp³-hybridized carbons (Fsp3) is 0.222. The molecule has 3 rings (SSSR count). The van der Waals surface area contributed by atoms with Crippen LogP contribution in [0, 0.1) is 0 Å². The van der Waals surface area contributed by atoms with E-state index < -0.39 is 0 Å². The molecule has 23 heavy (non-hydrogen) atoms. The highest BCUT2D eigenvalue weighted by atomic mass is 32.1. The van der Waals surface area contributed by atoms with Gasteiger partial charge in [-0.3, -0.25) is 4.79 Å². The molecule has 4 nitrogen and oxygen atoms in total. The van der Waals surface area contributed by atoms with Crippen LogP contribution < -0.4 is 5.32 Å². The lowest BCUT2D eigenvalue weighted by Crippen LogP contribution is -2.11. The molecule has 0 spiro atoms. The van der Waals surface area contributed by atoms with Gasteiger partial charge < -0.3 is 9.73 Å². The van der Waals surface area contributed by atoms with Crippen LogP contribution in [0.1, 0.15) is 24.7 Å². The second kappa shape index (κ2) is 7.24. The maximum atomic E-state index is 12.0. The minimum atomic E-state index is -0.0522. The molecule has 0 saturated carbocycles. The lowest BCUT2D eigenvalue weighted by Gasteiger charge is -2.01. The summed E-state index contributed by atoms with van der Waals surface area (Å²) in [6, 6.07) is 12.0. The minimum absolute atomic E-state index is 0.0522. The number of carbonyl (C=O) groups excluding carboxylic acids is 1. The molecule has 0 aliphatic rings. The first-order valence-electron chi connectivity index (χ1n) is 7.61. The number of hydrogen-bond acceptors (Lipinski definition) is 4. The van der Waals surface area contributed by atoms with Gasteiger partial charge in [0.25, 0.3) is 0 Å². The summed E-state index contributed by atoms with van der Waals surface area (Å²) >= 11 is 1.44. The number of benzene rings is 1. The zero-order valence-corrected chi connectivity index (χ0v) is 13.7. The van der Waals surface area contributed by atoms with E-state index in [4.69, 9.17) is 4.42 Å². The highest BCUT2D eigenvalue weighted by Gasteiger charge is 2.09. The largest absolute Gasteiger partial charge is 0.469 e. The van der Waals surface area contributed by atoms with E-state index in [0.717, 1.165) is 23.4 Å². The van der Waals surface area contributed by atoms with Crippen molar-refractivity contribution < 1.29 is 9.21 Å². The van der Waals surface area contributed by atoms with Gasteiger partial charge in [0.1, 0.15) is 5.76 Å². The van der Waals surface area contributed by atoms with Crippen LogP contribution in [0.5, 0.6) is 0 Å². The van der Waals surface area contributed by atoms with E-state index in [1.165, 1.54) is 16.9 Å². The lowest BCUT2D eigenvalue weighted by atomic mass is 10.1. The molecule has 0 bridgehead atoms. The van der Waals surface area contributed by atoms with E-state index in [-0.39, 0.29) is 5.91 Å². The van der Waals surface area contributed by atoms with Crippen LogP contribution in [0.4, 0.5) is 5.13 Å². The van der Waals surface area contributed by atoms with Crippen LogP contribution in [0.25, 0.3) is 11.3 Å². The Kier molecular flexibility index (Phi) is 4.88. The molecule has 1 N–H and O–H groups in total. The van der Waals surface area contributed by atoms with Crippen LogP contribution in [0.15, 0.2) is 52.5 Å². The van der Waals surface area contributed by atoms with E-state index in [1.54, 1.807) is 6.26 Å². The first-order valence-corrected chi connectivity index (χ1v) is 8.49. The van der Waals surface area contributed by atoms with Crippen LogP contribution >= 0.6 is 11.3 Å². The Morgan fingerprint density at radius 2 is 2.09 bits per heavy atom. The molecule has 2 heterocycles. The molecular weight excluding hydrogens is 308 g/mol. The third-order valence-electron chi connectivity index (χ3n) is 3.59. The molecule has 0 fully saturated rings. The number of nitrogens with zero attached hydrogens (tertiary/aromatic N) is 1. The summed E-state index contributed by atoms with van der Waals surface area (Å²) in [6.07, 6.45) is 3.61. The van der Waals surface area contributed by atoms with Gasteiger partial charge >= 0.3 is 0 Å². The second-order valence-electron chi connectivity index (χ2n) is 5.22. The van der Waals surface area contributed by atoms with E-state index in [1.807, 2.05) is 17.5 Å². The Balaban J connectivity index is 1.58. The number of carbonyl (C=O) groups is 1. The van der Waals surface area contributed by atoms with Gasteiger partial charge in [-0.1, -0.05) is 31.2 Å². The van der Waals surface area contributed by atoms with Crippen molar-refractivity contribution in [2.24, 2.45) is 0 Å². The number of amides is 1. The number of hydrogen-bond donors (Lipinski definition) is 1. The first kappa shape index (κ1) is 15.5. The second-order valence-corrected chi connectivity index (χ2v) is 6.07. The fourth-order valence-corrected chi connectivity index (χ4v) is 2.98. The molecule has 0 radical (unpaired) electrons. The third-order valence-corrected chi connectivity index (χ3v) is 4.34. The smallest absolute Gasteiger partial charge is 0.226 e. The van der Waals surface area contributed by atoms with Crippen LogP contribution in [-0.2, 0) is 17.6 Å². The summed E-state index contributed by atoms with van der Waals surface area (Å²) in [4.78, 5) is 16.4. The van der Waals surface area contributed by atoms with Gasteiger partial charge in [0, 0.05) is 23.8 Å². The van der Waals surface area contributed by atoms with E-state index in [0.29, 0.717) is 18.0 Å². The topological polar surface area (TPSA) is 55.1 Å². The van der Waals surface area contributed by atoms with Crippen molar-refractivity contribution in [2.45, 2.75) is 26.2 Å². The number of thiazole rings is 1. The number of furan rings is 1. The third kappa shape index (κ3) is 4.07. The van der Waals surface area contributed by atoms with Crippen LogP contribution in [0.3, 0.4) is 0 Å². The zero-order chi connectivity index (χ0) is 16.1. The minimum Gasteiger partial charge on any atom is -0.469 e. The summed E-state index contributed by atoms with van der Waals surface area (Å²) < 4.78 is 5.22. The van der Waals surface area contributed by atoms with Gasteiger partial charge in [-0.2, -0.15) is 0 Å². The van der Waals surface area contributed by atoms with Gasteiger partial charge in [-0.15, -0.1) is 11.3 Å². The molecule has 5 heteroatoms. The molecule has 3 aromatic rings. The molecular formula is C18H18N2O2S. The summed E-state index contributed by atoms with van der Waals surface area (Å²) in [6.45, 7) is 2.13. The molecule has 0 aliphatic heterocycles. The van der Waals surface area contributed by atoms with Gasteiger partial charge in [-0.25, -0.2) is 4.98 Å². The van der Waals surface area contributed by atoms with Crippen molar-refractivity contribution in [1.29, 1.82) is 0 Å².